The van der Waals surface area contributed by atoms with Crippen LogP contribution >= 0.6 is 0 Å². The van der Waals surface area contributed by atoms with Crippen LogP contribution in [0.2, 0.25) is 0 Å². The molecule has 2 aromatic carbocycles. The van der Waals surface area contributed by atoms with Gasteiger partial charge in [0.2, 0.25) is 0 Å². The van der Waals surface area contributed by atoms with Crippen LogP contribution < -0.4 is 0 Å². The molecule has 1 aliphatic heterocycles. The van der Waals surface area contributed by atoms with Crippen molar-refractivity contribution in [2.24, 2.45) is 4.99 Å². The van der Waals surface area contributed by atoms with Crippen molar-refractivity contribution in [3.8, 4) is 11.1 Å². The first-order valence-corrected chi connectivity index (χ1v) is 8.76. The molecule has 0 amide bonds. The van der Waals surface area contributed by atoms with E-state index >= 15 is 0 Å². The molecule has 0 spiro atoms. The van der Waals surface area contributed by atoms with Gasteiger partial charge in [0, 0.05) is 25.0 Å². The van der Waals surface area contributed by atoms with Gasteiger partial charge in [-0.3, -0.25) is 14.6 Å². The smallest absolute Gasteiger partial charge is 0.189 e. The maximum Gasteiger partial charge on any atom is 0.189 e. The molecule has 0 unspecified atom stereocenters. The molecule has 0 saturated carbocycles. The lowest BCUT2D eigenvalue weighted by molar-refractivity contribution is -0.111. The lowest BCUT2D eigenvalue weighted by atomic mass is 9.96. The van der Waals surface area contributed by atoms with Crippen LogP contribution in [0.5, 0.6) is 0 Å². The SMILES string of the molecule is CC(=O)C1=NCc2cc(-c3ccc(CC(=O)c4cc(C)on4)cc3)ccc21. The first-order chi connectivity index (χ1) is 13.0. The molecule has 3 aromatic rings. The fourth-order valence-corrected chi connectivity index (χ4v) is 3.27. The van der Waals surface area contributed by atoms with Crippen molar-refractivity contribution < 1.29 is 14.1 Å². The molecule has 0 bridgehead atoms. The summed E-state index contributed by atoms with van der Waals surface area (Å²) in [6, 6.07) is 15.6. The summed E-state index contributed by atoms with van der Waals surface area (Å²) in [5, 5.41) is 3.77. The highest BCUT2D eigenvalue weighted by atomic mass is 16.5. The third kappa shape index (κ3) is 3.36. The highest BCUT2D eigenvalue weighted by Crippen LogP contribution is 2.27. The van der Waals surface area contributed by atoms with Crippen molar-refractivity contribution in [3.05, 3.63) is 76.7 Å². The molecule has 1 aromatic heterocycles. The van der Waals surface area contributed by atoms with Gasteiger partial charge >= 0.3 is 0 Å². The molecule has 5 heteroatoms. The van der Waals surface area contributed by atoms with Gasteiger partial charge < -0.3 is 4.52 Å². The van der Waals surface area contributed by atoms with E-state index in [2.05, 4.69) is 16.2 Å². The average Bonchev–Trinajstić information content (AvgIpc) is 3.28. The van der Waals surface area contributed by atoms with E-state index in [1.807, 2.05) is 36.4 Å². The van der Waals surface area contributed by atoms with E-state index in [4.69, 9.17) is 4.52 Å². The first-order valence-electron chi connectivity index (χ1n) is 8.76. The second-order valence-corrected chi connectivity index (χ2v) is 6.71. The van der Waals surface area contributed by atoms with Crippen molar-refractivity contribution in [2.45, 2.75) is 26.8 Å². The molecule has 134 valence electrons. The molecular weight excluding hydrogens is 340 g/mol. The number of rotatable bonds is 5. The summed E-state index contributed by atoms with van der Waals surface area (Å²) in [5.41, 5.74) is 5.97. The Hall–Kier alpha value is -3.34. The van der Waals surface area contributed by atoms with Crippen molar-refractivity contribution >= 4 is 17.3 Å². The number of aromatic nitrogens is 1. The highest BCUT2D eigenvalue weighted by molar-refractivity contribution is 6.46. The van der Waals surface area contributed by atoms with Crippen molar-refractivity contribution in [2.75, 3.05) is 0 Å². The largest absolute Gasteiger partial charge is 0.361 e. The minimum Gasteiger partial charge on any atom is -0.361 e. The van der Waals surface area contributed by atoms with Crippen LogP contribution in [0.3, 0.4) is 0 Å². The second-order valence-electron chi connectivity index (χ2n) is 6.71. The van der Waals surface area contributed by atoms with E-state index in [-0.39, 0.29) is 18.0 Å². The lowest BCUT2D eigenvalue weighted by Gasteiger charge is -2.07. The molecule has 5 nitrogen and oxygen atoms in total. The van der Waals surface area contributed by atoms with Crippen molar-refractivity contribution in [3.63, 3.8) is 0 Å². The number of aliphatic imine (C=N–C) groups is 1. The molecule has 27 heavy (non-hydrogen) atoms. The fourth-order valence-electron chi connectivity index (χ4n) is 3.27. The quantitative estimate of drug-likeness (QED) is 0.647. The molecule has 0 atom stereocenters. The predicted octanol–water partition coefficient (Wildman–Crippen LogP) is 3.97. The molecule has 2 heterocycles. The van der Waals surface area contributed by atoms with E-state index in [0.717, 1.165) is 27.8 Å². The van der Waals surface area contributed by atoms with Gasteiger partial charge in [0.25, 0.3) is 0 Å². The summed E-state index contributed by atoms with van der Waals surface area (Å²) in [5.74, 6) is 0.561. The summed E-state index contributed by atoms with van der Waals surface area (Å²) in [7, 11) is 0. The van der Waals surface area contributed by atoms with Crippen molar-refractivity contribution in [1.82, 2.24) is 5.16 Å². The molecule has 0 N–H and O–H groups in total. The van der Waals surface area contributed by atoms with Crippen LogP contribution in [0.1, 0.15) is 39.9 Å². The van der Waals surface area contributed by atoms with Crippen LogP contribution in [0.4, 0.5) is 0 Å². The Kier molecular flexibility index (Phi) is 4.28. The maximum absolute atomic E-state index is 12.2. The molecule has 0 aliphatic carbocycles. The Balaban J connectivity index is 1.51. The minimum absolute atomic E-state index is 0.00201. The number of Topliss-reactive ketones (excluding diaryl/α,β-unsaturated/α-hetero) is 2. The van der Waals surface area contributed by atoms with Gasteiger partial charge in [-0.15, -0.1) is 0 Å². The fraction of sp³-hybridized carbons (Fsp3) is 0.182. The Labute approximate surface area is 156 Å². The van der Waals surface area contributed by atoms with E-state index in [1.54, 1.807) is 19.9 Å². The molecule has 0 radical (unpaired) electrons. The Morgan fingerprint density at radius 3 is 2.44 bits per heavy atom. The number of aryl methyl sites for hydroxylation is 1. The number of nitrogens with zero attached hydrogens (tertiary/aromatic N) is 2. The van der Waals surface area contributed by atoms with Crippen molar-refractivity contribution in [1.29, 1.82) is 0 Å². The Bertz CT molecular complexity index is 1080. The summed E-state index contributed by atoms with van der Waals surface area (Å²) in [4.78, 5) is 28.2. The van der Waals surface area contributed by atoms with Crippen LogP contribution in [-0.2, 0) is 17.8 Å². The first kappa shape index (κ1) is 17.1. The van der Waals surface area contributed by atoms with Gasteiger partial charge in [-0.1, -0.05) is 41.6 Å². The number of carbonyl (C=O) groups excluding carboxylic acids is 2. The Morgan fingerprint density at radius 2 is 1.78 bits per heavy atom. The van der Waals surface area contributed by atoms with Crippen LogP contribution in [-0.4, -0.2) is 22.4 Å². The van der Waals surface area contributed by atoms with E-state index in [9.17, 15) is 9.59 Å². The number of hydrogen-bond acceptors (Lipinski definition) is 5. The lowest BCUT2D eigenvalue weighted by Crippen LogP contribution is -2.09. The number of ketones is 2. The zero-order valence-electron chi connectivity index (χ0n) is 15.2. The predicted molar refractivity (Wildman–Crippen MR) is 102 cm³/mol. The van der Waals surface area contributed by atoms with Gasteiger partial charge in [-0.05, 0) is 35.2 Å². The van der Waals surface area contributed by atoms with Gasteiger partial charge in [-0.2, -0.15) is 0 Å². The summed E-state index contributed by atoms with van der Waals surface area (Å²) in [6.07, 6.45) is 0.284. The third-order valence-corrected chi connectivity index (χ3v) is 4.67. The molecular formula is C22H18N2O3. The van der Waals surface area contributed by atoms with E-state index in [1.165, 1.54) is 0 Å². The standard InChI is InChI=1S/C22H18N2O3/c1-13-9-20(24-27-13)21(26)10-15-3-5-16(6-4-15)17-7-8-19-18(11-17)12-23-22(19)14(2)25/h3-9,11H,10,12H2,1-2H3. The van der Waals surface area contributed by atoms with E-state index in [0.29, 0.717) is 23.7 Å². The zero-order valence-corrected chi connectivity index (χ0v) is 15.2. The monoisotopic (exact) mass is 358 g/mol. The van der Waals surface area contributed by atoms with Gasteiger partial charge in [-0.25, -0.2) is 0 Å². The third-order valence-electron chi connectivity index (χ3n) is 4.67. The summed E-state index contributed by atoms with van der Waals surface area (Å²) in [6.45, 7) is 3.85. The van der Waals surface area contributed by atoms with E-state index < -0.39 is 0 Å². The van der Waals surface area contributed by atoms with Gasteiger partial charge in [0.05, 0.1) is 6.54 Å². The maximum atomic E-state index is 12.2. The highest BCUT2D eigenvalue weighted by Gasteiger charge is 2.19. The van der Waals surface area contributed by atoms with Gasteiger partial charge in [0.15, 0.2) is 11.6 Å². The number of hydrogen-bond donors (Lipinski definition) is 0. The second kappa shape index (κ2) is 6.76. The number of benzene rings is 2. The van der Waals surface area contributed by atoms with Crippen LogP contribution in [0, 0.1) is 6.92 Å². The van der Waals surface area contributed by atoms with Crippen LogP contribution in [0.15, 0.2) is 58.0 Å². The normalized spacial score (nSPS) is 12.6. The topological polar surface area (TPSA) is 72.5 Å². The molecule has 1 aliphatic rings. The average molecular weight is 358 g/mol. The van der Waals surface area contributed by atoms with Crippen LogP contribution in [0.25, 0.3) is 11.1 Å². The number of carbonyl (C=O) groups is 2. The molecule has 0 saturated heterocycles. The summed E-state index contributed by atoms with van der Waals surface area (Å²) < 4.78 is 4.96. The van der Waals surface area contributed by atoms with Gasteiger partial charge in [0.1, 0.15) is 17.2 Å². The number of fused-ring (bicyclic) bond motifs is 1. The zero-order chi connectivity index (χ0) is 19.0. The Morgan fingerprint density at radius 1 is 1.04 bits per heavy atom. The minimum atomic E-state index is -0.0639. The molecule has 0 fully saturated rings. The summed E-state index contributed by atoms with van der Waals surface area (Å²) >= 11 is 0. The molecule has 4 rings (SSSR count).